The molecule has 180 valence electrons. The Morgan fingerprint density at radius 3 is 2.53 bits per heavy atom. The number of likely N-dealkylation sites (tertiary alicyclic amines) is 1. The van der Waals surface area contributed by atoms with Crippen molar-refractivity contribution in [2.24, 2.45) is 11.8 Å². The van der Waals surface area contributed by atoms with Gasteiger partial charge in [0, 0.05) is 26.2 Å². The highest BCUT2D eigenvalue weighted by atomic mass is 16.5. The highest BCUT2D eigenvalue weighted by molar-refractivity contribution is 5.99. The number of hydrogen-bond donors (Lipinski definition) is 3. The molecule has 0 aromatic carbocycles. The van der Waals surface area contributed by atoms with Crippen LogP contribution in [0.25, 0.3) is 0 Å². The molecule has 3 amide bonds. The SMILES string of the molecule is CC[C@]12CCC3(O1)C(C(=O)NC1CCCCC1)N(CCCCCO)C(=O)[C@@H]3[C@H]2C(=O)NC. The van der Waals surface area contributed by atoms with Gasteiger partial charge in [0.1, 0.15) is 11.6 Å². The van der Waals surface area contributed by atoms with Crippen molar-refractivity contribution in [1.29, 1.82) is 0 Å². The normalized spacial score (nSPS) is 36.4. The van der Waals surface area contributed by atoms with Gasteiger partial charge in [0.2, 0.25) is 17.7 Å². The van der Waals surface area contributed by atoms with E-state index in [1.165, 1.54) is 6.42 Å². The molecule has 8 nitrogen and oxygen atoms in total. The minimum atomic E-state index is -0.931. The zero-order valence-corrected chi connectivity index (χ0v) is 19.5. The van der Waals surface area contributed by atoms with E-state index >= 15 is 0 Å². The number of unbranched alkanes of at least 4 members (excludes halogenated alkanes) is 2. The highest BCUT2D eigenvalue weighted by Crippen LogP contribution is 2.64. The summed E-state index contributed by atoms with van der Waals surface area (Å²) in [5.74, 6) is -1.59. The zero-order valence-electron chi connectivity index (χ0n) is 19.5. The maximum Gasteiger partial charge on any atom is 0.246 e. The molecule has 4 rings (SSSR count). The summed E-state index contributed by atoms with van der Waals surface area (Å²) in [5.41, 5.74) is -1.60. The first-order valence-corrected chi connectivity index (χ1v) is 12.6. The first-order chi connectivity index (χ1) is 15.4. The number of aliphatic hydroxyl groups excluding tert-OH is 1. The van der Waals surface area contributed by atoms with Gasteiger partial charge in [-0.25, -0.2) is 0 Å². The zero-order chi connectivity index (χ0) is 22.9. The van der Waals surface area contributed by atoms with E-state index in [9.17, 15) is 14.4 Å². The van der Waals surface area contributed by atoms with Crippen LogP contribution < -0.4 is 10.6 Å². The van der Waals surface area contributed by atoms with Crippen LogP contribution in [0, 0.1) is 11.8 Å². The Morgan fingerprint density at radius 2 is 1.88 bits per heavy atom. The maximum absolute atomic E-state index is 13.8. The van der Waals surface area contributed by atoms with Gasteiger partial charge in [-0.05, 0) is 51.4 Å². The molecule has 0 aromatic heterocycles. The lowest BCUT2D eigenvalue weighted by molar-refractivity contribution is -0.148. The fourth-order valence-corrected chi connectivity index (χ4v) is 6.91. The summed E-state index contributed by atoms with van der Waals surface area (Å²) in [7, 11) is 1.60. The summed E-state index contributed by atoms with van der Waals surface area (Å²) in [6, 6.07) is -0.550. The third-order valence-corrected chi connectivity index (χ3v) is 8.47. The fourth-order valence-electron chi connectivity index (χ4n) is 6.91. The first-order valence-electron chi connectivity index (χ1n) is 12.6. The van der Waals surface area contributed by atoms with Gasteiger partial charge in [-0.2, -0.15) is 0 Å². The Hall–Kier alpha value is -1.67. The molecule has 4 aliphatic rings. The fraction of sp³-hybridized carbons (Fsp3) is 0.875. The number of amides is 3. The van der Waals surface area contributed by atoms with Crippen LogP contribution in [0.3, 0.4) is 0 Å². The monoisotopic (exact) mass is 449 g/mol. The summed E-state index contributed by atoms with van der Waals surface area (Å²) in [6.45, 7) is 2.57. The molecule has 0 radical (unpaired) electrons. The smallest absolute Gasteiger partial charge is 0.246 e. The van der Waals surface area contributed by atoms with Crippen molar-refractivity contribution < 1.29 is 24.2 Å². The average Bonchev–Trinajstić information content (AvgIpc) is 3.40. The van der Waals surface area contributed by atoms with E-state index in [1.54, 1.807) is 11.9 Å². The molecule has 3 saturated heterocycles. The Balaban J connectivity index is 1.65. The summed E-state index contributed by atoms with van der Waals surface area (Å²) < 4.78 is 6.68. The molecule has 3 aliphatic heterocycles. The molecule has 4 fully saturated rings. The number of fused-ring (bicyclic) bond motifs is 1. The lowest BCUT2D eigenvalue weighted by Gasteiger charge is -2.35. The van der Waals surface area contributed by atoms with Crippen molar-refractivity contribution in [3.05, 3.63) is 0 Å². The molecule has 2 unspecified atom stereocenters. The van der Waals surface area contributed by atoms with Crippen molar-refractivity contribution in [3.8, 4) is 0 Å². The van der Waals surface area contributed by atoms with Crippen molar-refractivity contribution >= 4 is 17.7 Å². The van der Waals surface area contributed by atoms with Crippen LogP contribution in [-0.2, 0) is 19.1 Å². The number of aliphatic hydroxyl groups is 1. The van der Waals surface area contributed by atoms with E-state index in [0.29, 0.717) is 38.6 Å². The molecule has 1 spiro atoms. The maximum atomic E-state index is 13.8. The lowest BCUT2D eigenvalue weighted by atomic mass is 9.65. The lowest BCUT2D eigenvalue weighted by Crippen LogP contribution is -2.57. The summed E-state index contributed by atoms with van der Waals surface area (Å²) in [5, 5.41) is 15.1. The third kappa shape index (κ3) is 3.63. The molecule has 32 heavy (non-hydrogen) atoms. The van der Waals surface area contributed by atoms with Crippen molar-refractivity contribution in [2.75, 3.05) is 20.2 Å². The largest absolute Gasteiger partial charge is 0.396 e. The Kier molecular flexibility index (Phi) is 6.82. The number of nitrogens with zero attached hydrogens (tertiary/aromatic N) is 1. The van der Waals surface area contributed by atoms with Gasteiger partial charge in [-0.1, -0.05) is 26.2 Å². The van der Waals surface area contributed by atoms with Gasteiger partial charge in [0.05, 0.1) is 17.4 Å². The first kappa shape index (κ1) is 23.5. The summed E-state index contributed by atoms with van der Waals surface area (Å²) in [4.78, 5) is 42.1. The van der Waals surface area contributed by atoms with Gasteiger partial charge in [0.25, 0.3) is 0 Å². The predicted octanol–water partition coefficient (Wildman–Crippen LogP) is 1.50. The molecular weight excluding hydrogens is 410 g/mol. The Morgan fingerprint density at radius 1 is 1.12 bits per heavy atom. The molecule has 3 heterocycles. The number of rotatable bonds is 9. The molecule has 2 bridgehead atoms. The number of ether oxygens (including phenoxy) is 1. The van der Waals surface area contributed by atoms with E-state index < -0.39 is 29.1 Å². The van der Waals surface area contributed by atoms with Crippen LogP contribution in [0.15, 0.2) is 0 Å². The van der Waals surface area contributed by atoms with Gasteiger partial charge in [0.15, 0.2) is 0 Å². The van der Waals surface area contributed by atoms with Crippen LogP contribution in [0.2, 0.25) is 0 Å². The molecule has 1 aliphatic carbocycles. The van der Waals surface area contributed by atoms with Gasteiger partial charge in [-0.3, -0.25) is 14.4 Å². The van der Waals surface area contributed by atoms with Crippen LogP contribution in [0.4, 0.5) is 0 Å². The van der Waals surface area contributed by atoms with Gasteiger partial charge >= 0.3 is 0 Å². The molecular formula is C24H39N3O5. The standard InChI is InChI=1S/C24H39N3O5/c1-3-23-12-13-24(32-23)18(17(23)20(29)25-2)22(31)27(14-8-5-9-15-28)19(24)21(30)26-16-10-6-4-7-11-16/h16-19,28H,3-15H2,1-2H3,(H,25,29)(H,26,30)/t17-,18-,19?,23+,24?/m0/s1. The average molecular weight is 450 g/mol. The third-order valence-electron chi connectivity index (χ3n) is 8.47. The molecule has 8 heteroatoms. The minimum absolute atomic E-state index is 0.118. The Bertz CT molecular complexity index is 739. The van der Waals surface area contributed by atoms with Crippen LogP contribution in [0.1, 0.15) is 77.6 Å². The predicted molar refractivity (Wildman–Crippen MR) is 119 cm³/mol. The molecule has 5 atom stereocenters. The number of hydrogen-bond acceptors (Lipinski definition) is 5. The number of carbonyl (C=O) groups excluding carboxylic acids is 3. The summed E-state index contributed by atoms with van der Waals surface area (Å²) in [6.07, 6.45) is 9.50. The van der Waals surface area contributed by atoms with E-state index in [0.717, 1.165) is 32.1 Å². The number of carbonyl (C=O) groups is 3. The molecule has 1 saturated carbocycles. The van der Waals surface area contributed by atoms with E-state index in [-0.39, 0.29) is 30.4 Å². The van der Waals surface area contributed by atoms with Crippen molar-refractivity contribution in [1.82, 2.24) is 15.5 Å². The topological polar surface area (TPSA) is 108 Å². The second-order valence-electron chi connectivity index (χ2n) is 10.1. The minimum Gasteiger partial charge on any atom is -0.396 e. The molecule has 3 N–H and O–H groups in total. The van der Waals surface area contributed by atoms with E-state index in [1.807, 2.05) is 6.92 Å². The highest BCUT2D eigenvalue weighted by Gasteiger charge is 2.78. The van der Waals surface area contributed by atoms with Crippen molar-refractivity contribution in [2.45, 2.75) is 101 Å². The second kappa shape index (κ2) is 9.29. The van der Waals surface area contributed by atoms with Crippen LogP contribution >= 0.6 is 0 Å². The Labute approximate surface area is 190 Å². The van der Waals surface area contributed by atoms with Crippen molar-refractivity contribution in [3.63, 3.8) is 0 Å². The van der Waals surface area contributed by atoms with Crippen LogP contribution in [-0.4, -0.2) is 71.2 Å². The van der Waals surface area contributed by atoms with Gasteiger partial charge < -0.3 is 25.4 Å². The second-order valence-corrected chi connectivity index (χ2v) is 10.1. The summed E-state index contributed by atoms with van der Waals surface area (Å²) >= 11 is 0. The van der Waals surface area contributed by atoms with E-state index in [2.05, 4.69) is 10.6 Å². The quantitative estimate of drug-likeness (QED) is 0.463. The molecule has 0 aromatic rings. The van der Waals surface area contributed by atoms with Gasteiger partial charge in [-0.15, -0.1) is 0 Å². The van der Waals surface area contributed by atoms with E-state index in [4.69, 9.17) is 9.84 Å². The number of nitrogens with one attached hydrogen (secondary N) is 2. The van der Waals surface area contributed by atoms with Crippen LogP contribution in [0.5, 0.6) is 0 Å².